The van der Waals surface area contributed by atoms with Crippen molar-refractivity contribution >= 4 is 5.91 Å². The zero-order valence-corrected chi connectivity index (χ0v) is 9.05. The first-order valence-corrected chi connectivity index (χ1v) is 4.88. The average molecular weight is 184 g/mol. The largest absolute Gasteiger partial charge is 0.285 e. The lowest BCUT2D eigenvalue weighted by atomic mass is 10.2. The fourth-order valence-corrected chi connectivity index (χ4v) is 1.01. The number of nitrogens with zero attached hydrogens (tertiary/aromatic N) is 1. The molecular formula is C10H20N2O. The topological polar surface area (TPSA) is 32.3 Å². The first-order valence-electron chi connectivity index (χ1n) is 4.88. The standard InChI is InChI=1S/C10H20N2O/c1-5-8-9(4)10(13)11-12(6-2)7-3/h8H,5-7H2,1-4H3,(H,11,13). The second kappa shape index (κ2) is 6.66. The van der Waals surface area contributed by atoms with Crippen molar-refractivity contribution < 1.29 is 4.79 Å². The second-order valence-electron chi connectivity index (χ2n) is 2.91. The van der Waals surface area contributed by atoms with Crippen molar-refractivity contribution in [1.29, 1.82) is 0 Å². The first-order chi connectivity index (χ1) is 6.15. The molecule has 1 amide bonds. The minimum absolute atomic E-state index is 0.00514. The molecule has 0 saturated carbocycles. The summed E-state index contributed by atoms with van der Waals surface area (Å²) in [6.45, 7) is 9.56. The van der Waals surface area contributed by atoms with Crippen LogP contribution in [0.1, 0.15) is 34.1 Å². The Balaban J connectivity index is 4.05. The van der Waals surface area contributed by atoms with Crippen molar-refractivity contribution in [3.05, 3.63) is 11.6 Å². The summed E-state index contributed by atoms with van der Waals surface area (Å²) in [6.07, 6.45) is 2.83. The third-order valence-electron chi connectivity index (χ3n) is 1.89. The van der Waals surface area contributed by atoms with Crippen LogP contribution in [0.25, 0.3) is 0 Å². The number of allylic oxidation sites excluding steroid dienone is 1. The summed E-state index contributed by atoms with van der Waals surface area (Å²) < 4.78 is 0. The molecule has 0 unspecified atom stereocenters. The quantitative estimate of drug-likeness (QED) is 0.521. The van der Waals surface area contributed by atoms with Crippen LogP contribution in [0.2, 0.25) is 0 Å². The maximum absolute atomic E-state index is 11.4. The minimum Gasteiger partial charge on any atom is -0.285 e. The molecule has 3 nitrogen and oxygen atoms in total. The van der Waals surface area contributed by atoms with Gasteiger partial charge in [0.1, 0.15) is 0 Å². The van der Waals surface area contributed by atoms with Gasteiger partial charge in [-0.05, 0) is 13.3 Å². The molecule has 0 aliphatic carbocycles. The maximum Gasteiger partial charge on any atom is 0.260 e. The fourth-order valence-electron chi connectivity index (χ4n) is 1.01. The number of carbonyl (C=O) groups is 1. The van der Waals surface area contributed by atoms with E-state index in [4.69, 9.17) is 0 Å². The van der Waals surface area contributed by atoms with E-state index in [-0.39, 0.29) is 5.91 Å². The van der Waals surface area contributed by atoms with Crippen LogP contribution in [0.3, 0.4) is 0 Å². The molecule has 0 fully saturated rings. The molecule has 0 atom stereocenters. The van der Waals surface area contributed by atoms with Gasteiger partial charge < -0.3 is 0 Å². The van der Waals surface area contributed by atoms with Crippen LogP contribution < -0.4 is 5.43 Å². The van der Waals surface area contributed by atoms with Gasteiger partial charge in [-0.25, -0.2) is 5.01 Å². The maximum atomic E-state index is 11.4. The Kier molecular flexibility index (Phi) is 6.24. The lowest BCUT2D eigenvalue weighted by molar-refractivity contribution is -0.122. The van der Waals surface area contributed by atoms with Gasteiger partial charge in [-0.15, -0.1) is 0 Å². The number of nitrogens with one attached hydrogen (secondary N) is 1. The molecule has 0 radical (unpaired) electrons. The molecule has 76 valence electrons. The zero-order chi connectivity index (χ0) is 10.3. The molecule has 0 heterocycles. The first kappa shape index (κ1) is 12.2. The smallest absolute Gasteiger partial charge is 0.260 e. The molecule has 0 rings (SSSR count). The van der Waals surface area contributed by atoms with Crippen molar-refractivity contribution in [3.63, 3.8) is 0 Å². The van der Waals surface area contributed by atoms with Gasteiger partial charge in [0.25, 0.3) is 5.91 Å². The molecule has 0 aliphatic rings. The molecule has 0 aromatic heterocycles. The van der Waals surface area contributed by atoms with Crippen molar-refractivity contribution in [2.75, 3.05) is 13.1 Å². The molecule has 0 spiro atoms. The van der Waals surface area contributed by atoms with Gasteiger partial charge in [0, 0.05) is 18.7 Å². The number of hydrogen-bond acceptors (Lipinski definition) is 2. The normalized spacial score (nSPS) is 11.9. The number of hydrazine groups is 1. The van der Waals surface area contributed by atoms with E-state index in [0.717, 1.165) is 25.1 Å². The van der Waals surface area contributed by atoms with E-state index in [0.29, 0.717) is 0 Å². The molecule has 0 aliphatic heterocycles. The van der Waals surface area contributed by atoms with Crippen LogP contribution in [-0.2, 0) is 4.79 Å². The summed E-state index contributed by atoms with van der Waals surface area (Å²) >= 11 is 0. The molecule has 0 aromatic rings. The highest BCUT2D eigenvalue weighted by atomic mass is 16.2. The van der Waals surface area contributed by atoms with E-state index in [1.807, 2.05) is 38.8 Å². The Bertz CT molecular complexity index is 183. The molecule has 0 bridgehead atoms. The predicted molar refractivity (Wildman–Crippen MR) is 55.1 cm³/mol. The third kappa shape index (κ3) is 4.68. The highest BCUT2D eigenvalue weighted by Crippen LogP contribution is 1.95. The number of amides is 1. The van der Waals surface area contributed by atoms with Crippen LogP contribution in [-0.4, -0.2) is 24.0 Å². The van der Waals surface area contributed by atoms with E-state index in [1.165, 1.54) is 0 Å². The number of rotatable bonds is 5. The molecule has 3 heteroatoms. The highest BCUT2D eigenvalue weighted by Gasteiger charge is 2.06. The monoisotopic (exact) mass is 184 g/mol. The zero-order valence-electron chi connectivity index (χ0n) is 9.05. The Hall–Kier alpha value is -0.830. The third-order valence-corrected chi connectivity index (χ3v) is 1.89. The summed E-state index contributed by atoms with van der Waals surface area (Å²) in [6, 6.07) is 0. The van der Waals surface area contributed by atoms with E-state index in [9.17, 15) is 4.79 Å². The Morgan fingerprint density at radius 2 is 1.85 bits per heavy atom. The number of hydrogen-bond donors (Lipinski definition) is 1. The van der Waals surface area contributed by atoms with Crippen LogP contribution in [0.5, 0.6) is 0 Å². The average Bonchev–Trinajstić information content (AvgIpc) is 2.14. The van der Waals surface area contributed by atoms with Crippen LogP contribution in [0.15, 0.2) is 11.6 Å². The van der Waals surface area contributed by atoms with E-state index < -0.39 is 0 Å². The minimum atomic E-state index is 0.00514. The highest BCUT2D eigenvalue weighted by molar-refractivity contribution is 5.92. The van der Waals surface area contributed by atoms with E-state index in [1.54, 1.807) is 0 Å². The SMILES string of the molecule is CCC=C(C)C(=O)NN(CC)CC. The summed E-state index contributed by atoms with van der Waals surface area (Å²) in [7, 11) is 0. The predicted octanol–water partition coefficient (Wildman–Crippen LogP) is 1.72. The van der Waals surface area contributed by atoms with Gasteiger partial charge in [-0.3, -0.25) is 10.2 Å². The number of carbonyl (C=O) groups excluding carboxylic acids is 1. The van der Waals surface area contributed by atoms with Crippen molar-refractivity contribution in [2.24, 2.45) is 0 Å². The molecule has 1 N–H and O–H groups in total. The fraction of sp³-hybridized carbons (Fsp3) is 0.700. The van der Waals surface area contributed by atoms with Crippen LogP contribution >= 0.6 is 0 Å². The van der Waals surface area contributed by atoms with Crippen molar-refractivity contribution in [1.82, 2.24) is 10.4 Å². The Labute approximate surface area is 80.8 Å². The lowest BCUT2D eigenvalue weighted by Crippen LogP contribution is -2.42. The van der Waals surface area contributed by atoms with Gasteiger partial charge in [0.15, 0.2) is 0 Å². The summed E-state index contributed by atoms with van der Waals surface area (Å²) in [4.78, 5) is 11.4. The van der Waals surface area contributed by atoms with Crippen molar-refractivity contribution in [2.45, 2.75) is 34.1 Å². The van der Waals surface area contributed by atoms with Crippen LogP contribution in [0.4, 0.5) is 0 Å². The molecule has 13 heavy (non-hydrogen) atoms. The summed E-state index contributed by atoms with van der Waals surface area (Å²) in [5.41, 5.74) is 3.61. The molecular weight excluding hydrogens is 164 g/mol. The molecule has 0 saturated heterocycles. The summed E-state index contributed by atoms with van der Waals surface area (Å²) in [5, 5.41) is 1.88. The lowest BCUT2D eigenvalue weighted by Gasteiger charge is -2.19. The van der Waals surface area contributed by atoms with E-state index >= 15 is 0 Å². The molecule has 0 aromatic carbocycles. The summed E-state index contributed by atoms with van der Waals surface area (Å²) in [5.74, 6) is 0.00514. The van der Waals surface area contributed by atoms with Gasteiger partial charge in [0.05, 0.1) is 0 Å². The van der Waals surface area contributed by atoms with Gasteiger partial charge >= 0.3 is 0 Å². The van der Waals surface area contributed by atoms with Gasteiger partial charge in [0.2, 0.25) is 0 Å². The second-order valence-corrected chi connectivity index (χ2v) is 2.91. The van der Waals surface area contributed by atoms with Gasteiger partial charge in [-0.2, -0.15) is 0 Å². The van der Waals surface area contributed by atoms with Crippen LogP contribution in [0, 0.1) is 0 Å². The Morgan fingerprint density at radius 1 is 1.31 bits per heavy atom. The van der Waals surface area contributed by atoms with Gasteiger partial charge in [-0.1, -0.05) is 26.8 Å². The van der Waals surface area contributed by atoms with Crippen molar-refractivity contribution in [3.8, 4) is 0 Å². The van der Waals surface area contributed by atoms with E-state index in [2.05, 4.69) is 5.43 Å². The Morgan fingerprint density at radius 3 is 2.23 bits per heavy atom.